The molecule has 0 spiro atoms. The van der Waals surface area contributed by atoms with Gasteiger partial charge in [-0.3, -0.25) is 9.78 Å². The Hall–Kier alpha value is -1.80. The van der Waals surface area contributed by atoms with Crippen molar-refractivity contribution in [3.63, 3.8) is 0 Å². The molecule has 14 heavy (non-hydrogen) atoms. The molecule has 0 saturated heterocycles. The van der Waals surface area contributed by atoms with Crippen molar-refractivity contribution in [1.29, 1.82) is 0 Å². The first-order valence-corrected chi connectivity index (χ1v) is 4.31. The summed E-state index contributed by atoms with van der Waals surface area (Å²) in [6, 6.07) is 3.29. The summed E-state index contributed by atoms with van der Waals surface area (Å²) in [5, 5.41) is 0. The maximum Gasteiger partial charge on any atom is 0.235 e. The van der Waals surface area contributed by atoms with Gasteiger partial charge in [-0.2, -0.15) is 4.99 Å². The maximum atomic E-state index is 10.5. The summed E-state index contributed by atoms with van der Waals surface area (Å²) in [6.07, 6.45) is 5.47. The fourth-order valence-corrected chi connectivity index (χ4v) is 1.41. The number of aromatic nitrogens is 1. The third-order valence-electron chi connectivity index (χ3n) is 2.38. The van der Waals surface area contributed by atoms with E-state index in [2.05, 4.69) is 9.98 Å². The Morgan fingerprint density at radius 1 is 1.57 bits per heavy atom. The van der Waals surface area contributed by atoms with Crippen LogP contribution in [0.5, 0.6) is 0 Å². The van der Waals surface area contributed by atoms with Gasteiger partial charge in [-0.25, -0.2) is 4.79 Å². The van der Waals surface area contributed by atoms with Crippen molar-refractivity contribution in [1.82, 2.24) is 4.98 Å². The molecule has 0 amide bonds. The number of pyridine rings is 1. The third-order valence-corrected chi connectivity index (χ3v) is 2.38. The number of nitrogens with zero attached hydrogens (tertiary/aromatic N) is 2. The van der Waals surface area contributed by atoms with Gasteiger partial charge in [0, 0.05) is 11.8 Å². The van der Waals surface area contributed by atoms with Gasteiger partial charge in [-0.1, -0.05) is 0 Å². The molecule has 4 nitrogen and oxygen atoms in total. The minimum Gasteiger partial charge on any atom is -0.298 e. The molecular weight excluding hydrogens is 180 g/mol. The zero-order valence-corrected chi connectivity index (χ0v) is 7.43. The lowest BCUT2D eigenvalue weighted by Crippen LogP contribution is -2.05. The SMILES string of the molecule is O=C=NC1(c2cc(C=O)ccn2)CC1. The van der Waals surface area contributed by atoms with Crippen LogP contribution in [-0.4, -0.2) is 17.4 Å². The van der Waals surface area contributed by atoms with E-state index in [9.17, 15) is 9.59 Å². The van der Waals surface area contributed by atoms with Crippen LogP contribution in [0, 0.1) is 0 Å². The van der Waals surface area contributed by atoms with E-state index in [1.807, 2.05) is 0 Å². The van der Waals surface area contributed by atoms with Crippen LogP contribution in [0.2, 0.25) is 0 Å². The molecule has 1 heterocycles. The van der Waals surface area contributed by atoms with Gasteiger partial charge in [-0.15, -0.1) is 0 Å². The van der Waals surface area contributed by atoms with Gasteiger partial charge in [0.2, 0.25) is 6.08 Å². The summed E-state index contributed by atoms with van der Waals surface area (Å²) >= 11 is 0. The fraction of sp³-hybridized carbons (Fsp3) is 0.300. The average Bonchev–Trinajstić information content (AvgIpc) is 3.00. The molecule has 1 aliphatic rings. The summed E-state index contributed by atoms with van der Waals surface area (Å²) in [5.41, 5.74) is 0.758. The fourth-order valence-electron chi connectivity index (χ4n) is 1.41. The smallest absolute Gasteiger partial charge is 0.235 e. The predicted molar refractivity (Wildman–Crippen MR) is 48.7 cm³/mol. The molecule has 2 rings (SSSR count). The molecule has 1 aromatic heterocycles. The standard InChI is InChI=1S/C10H8N2O2/c13-6-8-1-4-11-9(5-8)10(2-3-10)12-7-14/h1,4-6H,2-3H2. The van der Waals surface area contributed by atoms with Crippen LogP contribution in [-0.2, 0) is 10.3 Å². The van der Waals surface area contributed by atoms with Crippen LogP contribution >= 0.6 is 0 Å². The number of aldehydes is 1. The summed E-state index contributed by atoms with van der Waals surface area (Å²) in [5.74, 6) is 0. The number of rotatable bonds is 3. The van der Waals surface area contributed by atoms with E-state index in [1.165, 1.54) is 0 Å². The minimum atomic E-state index is -0.485. The van der Waals surface area contributed by atoms with Gasteiger partial charge in [0.05, 0.1) is 5.69 Å². The van der Waals surface area contributed by atoms with Gasteiger partial charge in [-0.05, 0) is 25.0 Å². The van der Waals surface area contributed by atoms with Crippen molar-refractivity contribution in [2.24, 2.45) is 4.99 Å². The molecule has 1 aliphatic carbocycles. The van der Waals surface area contributed by atoms with Crippen molar-refractivity contribution in [3.05, 3.63) is 29.6 Å². The Kier molecular flexibility index (Phi) is 1.98. The zero-order chi connectivity index (χ0) is 10.0. The predicted octanol–water partition coefficient (Wildman–Crippen LogP) is 1.22. The lowest BCUT2D eigenvalue weighted by atomic mass is 10.1. The monoisotopic (exact) mass is 188 g/mol. The largest absolute Gasteiger partial charge is 0.298 e. The number of aliphatic imine (C=N–C) groups is 1. The first-order valence-electron chi connectivity index (χ1n) is 4.31. The third kappa shape index (κ3) is 1.36. The summed E-state index contributed by atoms with van der Waals surface area (Å²) < 4.78 is 0. The van der Waals surface area contributed by atoms with E-state index >= 15 is 0 Å². The molecule has 0 bridgehead atoms. The van der Waals surface area contributed by atoms with Crippen LogP contribution in [0.15, 0.2) is 23.3 Å². The number of isocyanates is 1. The zero-order valence-electron chi connectivity index (χ0n) is 7.43. The molecule has 4 heteroatoms. The highest BCUT2D eigenvalue weighted by molar-refractivity contribution is 5.74. The highest BCUT2D eigenvalue weighted by Crippen LogP contribution is 2.48. The Labute approximate surface area is 80.7 Å². The van der Waals surface area contributed by atoms with Gasteiger partial charge in [0.15, 0.2) is 0 Å². The number of carbonyl (C=O) groups is 1. The normalized spacial score (nSPS) is 16.9. The van der Waals surface area contributed by atoms with Crippen LogP contribution < -0.4 is 0 Å². The Bertz CT molecular complexity index is 418. The van der Waals surface area contributed by atoms with E-state index in [1.54, 1.807) is 24.4 Å². The number of carbonyl (C=O) groups excluding carboxylic acids is 2. The molecule has 0 aromatic carbocycles. The highest BCUT2D eigenvalue weighted by atomic mass is 16.1. The van der Waals surface area contributed by atoms with E-state index < -0.39 is 5.54 Å². The molecule has 0 radical (unpaired) electrons. The first-order chi connectivity index (χ1) is 6.80. The number of hydrogen-bond donors (Lipinski definition) is 0. The van der Waals surface area contributed by atoms with Crippen LogP contribution in [0.25, 0.3) is 0 Å². The second-order valence-corrected chi connectivity index (χ2v) is 3.33. The summed E-state index contributed by atoms with van der Waals surface area (Å²) in [4.78, 5) is 28.6. The van der Waals surface area contributed by atoms with Crippen LogP contribution in [0.1, 0.15) is 28.9 Å². The Morgan fingerprint density at radius 2 is 2.36 bits per heavy atom. The van der Waals surface area contributed by atoms with Crippen molar-refractivity contribution in [3.8, 4) is 0 Å². The number of hydrogen-bond acceptors (Lipinski definition) is 4. The lowest BCUT2D eigenvalue weighted by Gasteiger charge is -2.06. The second kappa shape index (κ2) is 3.16. The summed E-state index contributed by atoms with van der Waals surface area (Å²) in [6.45, 7) is 0. The van der Waals surface area contributed by atoms with E-state index in [0.29, 0.717) is 11.3 Å². The summed E-state index contributed by atoms with van der Waals surface area (Å²) in [7, 11) is 0. The van der Waals surface area contributed by atoms with E-state index in [0.717, 1.165) is 19.1 Å². The second-order valence-electron chi connectivity index (χ2n) is 3.33. The quantitative estimate of drug-likeness (QED) is 0.407. The molecule has 1 aromatic rings. The topological polar surface area (TPSA) is 59.4 Å². The van der Waals surface area contributed by atoms with Gasteiger partial charge in [0.1, 0.15) is 11.8 Å². The van der Waals surface area contributed by atoms with Gasteiger partial charge in [0.25, 0.3) is 0 Å². The highest BCUT2D eigenvalue weighted by Gasteiger charge is 2.46. The first kappa shape index (κ1) is 8.78. The van der Waals surface area contributed by atoms with Crippen LogP contribution in [0.3, 0.4) is 0 Å². The maximum absolute atomic E-state index is 10.5. The molecule has 0 aliphatic heterocycles. The molecule has 1 saturated carbocycles. The van der Waals surface area contributed by atoms with Crippen molar-refractivity contribution < 1.29 is 9.59 Å². The van der Waals surface area contributed by atoms with E-state index in [4.69, 9.17) is 0 Å². The lowest BCUT2D eigenvalue weighted by molar-refractivity contribution is 0.112. The average molecular weight is 188 g/mol. The molecule has 1 fully saturated rings. The molecule has 0 unspecified atom stereocenters. The van der Waals surface area contributed by atoms with Gasteiger partial charge >= 0.3 is 0 Å². The van der Waals surface area contributed by atoms with E-state index in [-0.39, 0.29) is 0 Å². The molecular formula is C10H8N2O2. The van der Waals surface area contributed by atoms with Crippen molar-refractivity contribution in [2.45, 2.75) is 18.4 Å². The Morgan fingerprint density at radius 3 is 2.93 bits per heavy atom. The Balaban J connectivity index is 2.41. The molecule has 0 N–H and O–H groups in total. The van der Waals surface area contributed by atoms with Gasteiger partial charge < -0.3 is 0 Å². The molecule has 0 atom stereocenters. The van der Waals surface area contributed by atoms with Crippen LogP contribution in [0.4, 0.5) is 0 Å². The molecule has 70 valence electrons. The van der Waals surface area contributed by atoms with Crippen molar-refractivity contribution in [2.75, 3.05) is 0 Å². The minimum absolute atomic E-state index is 0.485. The van der Waals surface area contributed by atoms with Crippen molar-refractivity contribution >= 4 is 12.4 Å².